The minimum absolute atomic E-state index is 0.00822. The Labute approximate surface area is 87.7 Å². The zero-order valence-corrected chi connectivity index (χ0v) is 8.26. The van der Waals surface area contributed by atoms with Crippen LogP contribution in [0.2, 0.25) is 0 Å². The minimum atomic E-state index is -0.729. The Balaban J connectivity index is 2.20. The first-order chi connectivity index (χ1) is 7.18. The van der Waals surface area contributed by atoms with E-state index >= 15 is 0 Å². The van der Waals surface area contributed by atoms with Crippen molar-refractivity contribution in [3.05, 3.63) is 23.8 Å². The van der Waals surface area contributed by atoms with Crippen molar-refractivity contribution in [1.82, 2.24) is 0 Å². The van der Waals surface area contributed by atoms with Gasteiger partial charge in [0.1, 0.15) is 11.5 Å². The Kier molecular flexibility index (Phi) is 2.79. The lowest BCUT2D eigenvalue weighted by Gasteiger charge is -2.17. The molecule has 1 aliphatic heterocycles. The summed E-state index contributed by atoms with van der Waals surface area (Å²) in [4.78, 5) is 0. The van der Waals surface area contributed by atoms with Gasteiger partial charge >= 0.3 is 0 Å². The molecule has 1 aromatic rings. The van der Waals surface area contributed by atoms with Crippen molar-refractivity contribution in [2.45, 2.75) is 12.5 Å². The molecule has 1 aromatic carbocycles. The van der Waals surface area contributed by atoms with Gasteiger partial charge in [-0.3, -0.25) is 0 Å². The number of aliphatic hydroxyl groups excluding tert-OH is 1. The van der Waals surface area contributed by atoms with E-state index in [1.54, 1.807) is 0 Å². The molecule has 0 aromatic heterocycles. The van der Waals surface area contributed by atoms with Crippen LogP contribution in [0.1, 0.15) is 18.1 Å². The van der Waals surface area contributed by atoms with Gasteiger partial charge in [-0.25, -0.2) is 0 Å². The SMILES string of the molecule is Oc1ccc([C@@H](O)[C@@H]2CCOC2)c(O)c1. The van der Waals surface area contributed by atoms with Crippen LogP contribution in [-0.2, 0) is 4.74 Å². The summed E-state index contributed by atoms with van der Waals surface area (Å²) in [6, 6.07) is 4.22. The van der Waals surface area contributed by atoms with Gasteiger partial charge in [0.15, 0.2) is 0 Å². The Hall–Kier alpha value is -1.26. The lowest BCUT2D eigenvalue weighted by molar-refractivity contribution is 0.0897. The van der Waals surface area contributed by atoms with Crippen molar-refractivity contribution < 1.29 is 20.1 Å². The topological polar surface area (TPSA) is 69.9 Å². The molecule has 1 saturated heterocycles. The van der Waals surface area contributed by atoms with Gasteiger partial charge in [0.2, 0.25) is 0 Å². The monoisotopic (exact) mass is 210 g/mol. The van der Waals surface area contributed by atoms with Crippen molar-refractivity contribution in [2.24, 2.45) is 5.92 Å². The summed E-state index contributed by atoms with van der Waals surface area (Å²) >= 11 is 0. The molecule has 0 spiro atoms. The van der Waals surface area contributed by atoms with Crippen LogP contribution in [-0.4, -0.2) is 28.5 Å². The maximum absolute atomic E-state index is 9.97. The standard InChI is InChI=1S/C11H14O4/c12-8-1-2-9(10(13)5-8)11(14)7-3-4-15-6-7/h1-2,5,7,11-14H,3-4,6H2/t7-,11+/m1/s1. The lowest BCUT2D eigenvalue weighted by Crippen LogP contribution is -2.12. The number of hydrogen-bond donors (Lipinski definition) is 3. The predicted octanol–water partition coefficient (Wildman–Crippen LogP) is 1.17. The van der Waals surface area contributed by atoms with Gasteiger partial charge in [0.05, 0.1) is 12.7 Å². The van der Waals surface area contributed by atoms with E-state index in [9.17, 15) is 10.2 Å². The van der Waals surface area contributed by atoms with E-state index in [1.807, 2.05) is 0 Å². The van der Waals surface area contributed by atoms with Crippen LogP contribution < -0.4 is 0 Å². The second-order valence-electron chi connectivity index (χ2n) is 3.81. The van der Waals surface area contributed by atoms with Crippen LogP contribution in [0.3, 0.4) is 0 Å². The van der Waals surface area contributed by atoms with Crippen molar-refractivity contribution in [3.63, 3.8) is 0 Å². The van der Waals surface area contributed by atoms with Crippen LogP contribution in [0.15, 0.2) is 18.2 Å². The average molecular weight is 210 g/mol. The molecular weight excluding hydrogens is 196 g/mol. The summed E-state index contributed by atoms with van der Waals surface area (Å²) in [5.74, 6) is -0.0547. The smallest absolute Gasteiger partial charge is 0.125 e. The fraction of sp³-hybridized carbons (Fsp3) is 0.455. The van der Waals surface area contributed by atoms with Crippen molar-refractivity contribution in [2.75, 3.05) is 13.2 Å². The molecular formula is C11H14O4. The van der Waals surface area contributed by atoms with E-state index in [2.05, 4.69) is 0 Å². The summed E-state index contributed by atoms with van der Waals surface area (Å²) in [5, 5.41) is 28.6. The third kappa shape index (κ3) is 2.06. The van der Waals surface area contributed by atoms with E-state index in [1.165, 1.54) is 18.2 Å². The van der Waals surface area contributed by atoms with Crippen LogP contribution in [0.5, 0.6) is 11.5 Å². The second kappa shape index (κ2) is 4.08. The first kappa shape index (κ1) is 10.3. The van der Waals surface area contributed by atoms with Crippen molar-refractivity contribution in [3.8, 4) is 11.5 Å². The highest BCUT2D eigenvalue weighted by Gasteiger charge is 2.27. The molecule has 0 saturated carbocycles. The normalized spacial score (nSPS) is 22.9. The summed E-state index contributed by atoms with van der Waals surface area (Å²) in [5.41, 5.74) is 0.448. The Morgan fingerprint density at radius 2 is 2.13 bits per heavy atom. The minimum Gasteiger partial charge on any atom is -0.508 e. The lowest BCUT2D eigenvalue weighted by atomic mass is 9.94. The maximum Gasteiger partial charge on any atom is 0.125 e. The van der Waals surface area contributed by atoms with E-state index in [4.69, 9.17) is 9.84 Å². The number of ether oxygens (including phenoxy) is 1. The zero-order valence-electron chi connectivity index (χ0n) is 8.26. The van der Waals surface area contributed by atoms with Gasteiger partial charge in [-0.2, -0.15) is 0 Å². The van der Waals surface area contributed by atoms with Crippen LogP contribution >= 0.6 is 0 Å². The molecule has 2 atom stereocenters. The molecule has 0 aliphatic carbocycles. The van der Waals surface area contributed by atoms with E-state index in [-0.39, 0.29) is 17.4 Å². The first-order valence-corrected chi connectivity index (χ1v) is 4.96. The zero-order chi connectivity index (χ0) is 10.8. The van der Waals surface area contributed by atoms with Gasteiger partial charge < -0.3 is 20.1 Å². The third-order valence-electron chi connectivity index (χ3n) is 2.74. The highest BCUT2D eigenvalue weighted by Crippen LogP contribution is 2.34. The molecule has 3 N–H and O–H groups in total. The van der Waals surface area contributed by atoms with E-state index in [0.717, 1.165) is 6.42 Å². The fourth-order valence-corrected chi connectivity index (χ4v) is 1.84. The van der Waals surface area contributed by atoms with Gasteiger partial charge in [0, 0.05) is 24.2 Å². The molecule has 4 nitrogen and oxygen atoms in total. The number of aliphatic hydroxyl groups is 1. The quantitative estimate of drug-likeness (QED) is 0.685. The second-order valence-corrected chi connectivity index (χ2v) is 3.81. The van der Waals surface area contributed by atoms with Crippen LogP contribution in [0.25, 0.3) is 0 Å². The third-order valence-corrected chi connectivity index (χ3v) is 2.74. The molecule has 0 radical (unpaired) electrons. The van der Waals surface area contributed by atoms with Crippen molar-refractivity contribution in [1.29, 1.82) is 0 Å². The fourth-order valence-electron chi connectivity index (χ4n) is 1.84. The summed E-state index contributed by atoms with van der Waals surface area (Å²) in [7, 11) is 0. The van der Waals surface area contributed by atoms with Gasteiger partial charge in [-0.15, -0.1) is 0 Å². The highest BCUT2D eigenvalue weighted by molar-refractivity contribution is 5.40. The molecule has 15 heavy (non-hydrogen) atoms. The largest absolute Gasteiger partial charge is 0.508 e. The summed E-state index contributed by atoms with van der Waals surface area (Å²) in [6.07, 6.45) is 0.0645. The summed E-state index contributed by atoms with van der Waals surface area (Å²) < 4.78 is 5.17. The van der Waals surface area contributed by atoms with Gasteiger partial charge in [-0.05, 0) is 18.6 Å². The van der Waals surface area contributed by atoms with Crippen molar-refractivity contribution >= 4 is 0 Å². The first-order valence-electron chi connectivity index (χ1n) is 4.96. The highest BCUT2D eigenvalue weighted by atomic mass is 16.5. The molecule has 1 heterocycles. The van der Waals surface area contributed by atoms with Gasteiger partial charge in [-0.1, -0.05) is 0 Å². The number of rotatable bonds is 2. The molecule has 0 bridgehead atoms. The van der Waals surface area contributed by atoms with Crippen LogP contribution in [0, 0.1) is 5.92 Å². The molecule has 2 rings (SSSR count). The molecule has 4 heteroatoms. The Bertz CT molecular complexity index is 344. The Morgan fingerprint density at radius 1 is 1.33 bits per heavy atom. The number of aromatic hydroxyl groups is 2. The average Bonchev–Trinajstić information content (AvgIpc) is 2.69. The number of hydrogen-bond acceptors (Lipinski definition) is 4. The number of benzene rings is 1. The van der Waals surface area contributed by atoms with Gasteiger partial charge in [0.25, 0.3) is 0 Å². The molecule has 1 aliphatic rings. The maximum atomic E-state index is 9.97. The Morgan fingerprint density at radius 3 is 2.73 bits per heavy atom. The predicted molar refractivity (Wildman–Crippen MR) is 53.7 cm³/mol. The van der Waals surface area contributed by atoms with E-state index in [0.29, 0.717) is 18.8 Å². The molecule has 0 unspecified atom stereocenters. The molecule has 1 fully saturated rings. The van der Waals surface area contributed by atoms with E-state index < -0.39 is 6.10 Å². The molecule has 82 valence electrons. The van der Waals surface area contributed by atoms with Crippen LogP contribution in [0.4, 0.5) is 0 Å². The number of phenolic OH excluding ortho intramolecular Hbond substituents is 2. The summed E-state index contributed by atoms with van der Waals surface area (Å²) in [6.45, 7) is 1.17. The molecule has 0 amide bonds. The number of phenols is 2.